The second kappa shape index (κ2) is 9.83. The van der Waals surface area contributed by atoms with Crippen molar-refractivity contribution in [2.24, 2.45) is 10.7 Å². The second-order valence-electron chi connectivity index (χ2n) is 4.25. The minimum absolute atomic E-state index is 0. The number of guanidine groups is 1. The molecule has 2 amide bonds. The third-order valence-corrected chi connectivity index (χ3v) is 2.87. The molecule has 1 aromatic rings. The molecule has 0 fully saturated rings. The number of halogens is 1. The number of benzene rings is 1. The molecule has 0 saturated carbocycles. The second-order valence-corrected chi connectivity index (χ2v) is 4.25. The van der Waals surface area contributed by atoms with E-state index in [-0.39, 0.29) is 24.4 Å². The molecule has 116 valence electrons. The number of nitrogens with zero attached hydrogens (tertiary/aromatic N) is 1. The lowest BCUT2D eigenvalue weighted by atomic mass is 10.0. The van der Waals surface area contributed by atoms with Crippen molar-refractivity contribution < 1.29 is 4.79 Å². The van der Waals surface area contributed by atoms with Crippen molar-refractivity contribution >= 4 is 30.1 Å². The quantitative estimate of drug-likeness (QED) is 0.444. The van der Waals surface area contributed by atoms with Gasteiger partial charge in [0.15, 0.2) is 5.96 Å². The summed E-state index contributed by atoms with van der Waals surface area (Å²) in [6.07, 6.45) is 3.31. The number of aliphatic imine (C=N–C) groups is 1. The monoisotopic (exact) mass is 310 g/mol. The van der Waals surface area contributed by atoms with E-state index in [1.165, 1.54) is 0 Å². The van der Waals surface area contributed by atoms with Gasteiger partial charge in [-0.05, 0) is 24.0 Å². The minimum Gasteiger partial charge on any atom is -0.370 e. The number of carbonyl (C=O) groups excluding carboxylic acids is 1. The normalized spacial score (nSPS) is 10.5. The third-order valence-electron chi connectivity index (χ3n) is 2.87. The lowest BCUT2D eigenvalue weighted by Gasteiger charge is -2.14. The number of anilines is 1. The maximum absolute atomic E-state index is 11.9. The Balaban J connectivity index is 0.00000400. The van der Waals surface area contributed by atoms with Gasteiger partial charge in [0.2, 0.25) is 0 Å². The van der Waals surface area contributed by atoms with E-state index in [2.05, 4.69) is 36.1 Å². The number of urea groups is 1. The maximum Gasteiger partial charge on any atom is 0.326 e. The molecule has 0 aromatic heterocycles. The van der Waals surface area contributed by atoms with E-state index in [0.717, 1.165) is 29.7 Å². The van der Waals surface area contributed by atoms with Crippen LogP contribution in [0.4, 0.5) is 10.5 Å². The molecule has 0 saturated heterocycles. The van der Waals surface area contributed by atoms with Crippen molar-refractivity contribution in [3.63, 3.8) is 0 Å². The van der Waals surface area contributed by atoms with Crippen LogP contribution < -0.4 is 16.4 Å². The Morgan fingerprint density at radius 3 is 2.38 bits per heavy atom. The smallest absolute Gasteiger partial charge is 0.326 e. The molecule has 0 bridgehead atoms. The van der Waals surface area contributed by atoms with Crippen LogP contribution in [0.1, 0.15) is 25.0 Å². The zero-order chi connectivity index (χ0) is 15.0. The van der Waals surface area contributed by atoms with Crippen molar-refractivity contribution in [1.82, 2.24) is 5.32 Å². The first-order valence-corrected chi connectivity index (χ1v) is 6.71. The molecule has 21 heavy (non-hydrogen) atoms. The van der Waals surface area contributed by atoms with Gasteiger partial charge in [-0.25, -0.2) is 9.79 Å². The average molecular weight is 311 g/mol. The molecule has 0 heterocycles. The lowest BCUT2D eigenvalue weighted by molar-refractivity contribution is 0.256. The summed E-state index contributed by atoms with van der Waals surface area (Å²) in [6.45, 7) is 8.01. The fourth-order valence-corrected chi connectivity index (χ4v) is 1.87. The van der Waals surface area contributed by atoms with Crippen molar-refractivity contribution in [3.8, 4) is 0 Å². The Morgan fingerprint density at radius 1 is 1.33 bits per heavy atom. The molecule has 0 aliphatic carbocycles. The number of aryl methyl sites for hydroxylation is 2. The summed E-state index contributed by atoms with van der Waals surface area (Å²) >= 11 is 0. The predicted molar refractivity (Wildman–Crippen MR) is 91.3 cm³/mol. The van der Waals surface area contributed by atoms with Crippen molar-refractivity contribution in [1.29, 1.82) is 0 Å². The summed E-state index contributed by atoms with van der Waals surface area (Å²) in [5.74, 6) is 0.0782. The summed E-state index contributed by atoms with van der Waals surface area (Å²) in [7, 11) is 0. The van der Waals surface area contributed by atoms with Gasteiger partial charge in [0.1, 0.15) is 0 Å². The van der Waals surface area contributed by atoms with Crippen LogP contribution in [-0.4, -0.2) is 18.5 Å². The molecule has 1 rings (SSSR count). The summed E-state index contributed by atoms with van der Waals surface area (Å²) in [5, 5.41) is 5.35. The molecule has 0 radical (unpaired) electrons. The van der Waals surface area contributed by atoms with Crippen LogP contribution in [0.3, 0.4) is 0 Å². The Hall–Kier alpha value is -2.01. The molecule has 5 nitrogen and oxygen atoms in total. The highest BCUT2D eigenvalue weighted by molar-refractivity contribution is 6.02. The number of hydrogen-bond donors (Lipinski definition) is 3. The van der Waals surface area contributed by atoms with E-state index in [1.807, 2.05) is 18.2 Å². The summed E-state index contributed by atoms with van der Waals surface area (Å²) in [5.41, 5.74) is 8.64. The van der Waals surface area contributed by atoms with Crippen molar-refractivity contribution in [2.45, 2.75) is 26.7 Å². The summed E-state index contributed by atoms with van der Waals surface area (Å²) < 4.78 is 0. The Labute approximate surface area is 132 Å². The summed E-state index contributed by atoms with van der Waals surface area (Å²) in [4.78, 5) is 15.8. The lowest BCUT2D eigenvalue weighted by Crippen LogP contribution is -2.40. The number of para-hydroxylation sites is 1. The van der Waals surface area contributed by atoms with Gasteiger partial charge in [0.05, 0.1) is 6.54 Å². The zero-order valence-corrected chi connectivity index (χ0v) is 13.3. The SMILES string of the molecule is C=CCN=C(N)NC(=O)Nc1c(CC)cccc1CC.Cl. The Morgan fingerprint density at radius 2 is 1.90 bits per heavy atom. The number of hydrogen-bond acceptors (Lipinski definition) is 2. The van der Waals surface area contributed by atoms with Gasteiger partial charge in [0, 0.05) is 5.69 Å². The molecule has 0 spiro atoms. The van der Waals surface area contributed by atoms with Gasteiger partial charge in [-0.15, -0.1) is 19.0 Å². The van der Waals surface area contributed by atoms with Gasteiger partial charge in [-0.3, -0.25) is 5.32 Å². The molecular formula is C15H23ClN4O. The Bertz CT molecular complexity index is 492. The van der Waals surface area contributed by atoms with Crippen LogP contribution >= 0.6 is 12.4 Å². The van der Waals surface area contributed by atoms with Crippen LogP contribution in [0.15, 0.2) is 35.8 Å². The van der Waals surface area contributed by atoms with Gasteiger partial charge in [-0.2, -0.15) is 0 Å². The van der Waals surface area contributed by atoms with E-state index < -0.39 is 0 Å². The van der Waals surface area contributed by atoms with E-state index in [0.29, 0.717) is 6.54 Å². The number of nitrogens with one attached hydrogen (secondary N) is 2. The fraction of sp³-hybridized carbons (Fsp3) is 0.333. The van der Waals surface area contributed by atoms with Gasteiger partial charge in [0.25, 0.3) is 0 Å². The molecule has 1 aromatic carbocycles. The fourth-order valence-electron chi connectivity index (χ4n) is 1.87. The van der Waals surface area contributed by atoms with Crippen molar-refractivity contribution in [2.75, 3.05) is 11.9 Å². The molecule has 4 N–H and O–H groups in total. The topological polar surface area (TPSA) is 79.5 Å². The van der Waals surface area contributed by atoms with Crippen LogP contribution in [0.25, 0.3) is 0 Å². The van der Waals surface area contributed by atoms with Crippen LogP contribution in [-0.2, 0) is 12.8 Å². The predicted octanol–water partition coefficient (Wildman–Crippen LogP) is 2.86. The van der Waals surface area contributed by atoms with E-state index in [1.54, 1.807) is 6.08 Å². The molecule has 0 atom stereocenters. The molecular weight excluding hydrogens is 288 g/mol. The highest BCUT2D eigenvalue weighted by Gasteiger charge is 2.10. The first kappa shape index (κ1) is 19.0. The van der Waals surface area contributed by atoms with E-state index in [9.17, 15) is 4.79 Å². The highest BCUT2D eigenvalue weighted by atomic mass is 35.5. The van der Waals surface area contributed by atoms with Crippen LogP contribution in [0.5, 0.6) is 0 Å². The molecule has 0 aliphatic heterocycles. The Kier molecular flexibility index (Phi) is 8.88. The largest absolute Gasteiger partial charge is 0.370 e. The van der Waals surface area contributed by atoms with E-state index >= 15 is 0 Å². The third kappa shape index (κ3) is 5.87. The standard InChI is InChI=1S/C15H22N4O.ClH/c1-4-10-17-14(16)19-15(20)18-13-11(5-2)8-7-9-12(13)6-3;/h4,7-9H,1,5-6,10H2,2-3H3,(H4,16,17,18,19,20);1H. The average Bonchev–Trinajstić information content (AvgIpc) is 2.45. The highest BCUT2D eigenvalue weighted by Crippen LogP contribution is 2.22. The minimum atomic E-state index is -0.383. The van der Waals surface area contributed by atoms with Crippen LogP contribution in [0.2, 0.25) is 0 Å². The van der Waals surface area contributed by atoms with Gasteiger partial charge < -0.3 is 11.1 Å². The number of nitrogens with two attached hydrogens (primary N) is 1. The van der Waals surface area contributed by atoms with E-state index in [4.69, 9.17) is 5.73 Å². The number of rotatable bonds is 5. The zero-order valence-electron chi connectivity index (χ0n) is 12.5. The number of amides is 2. The van der Waals surface area contributed by atoms with Crippen LogP contribution in [0, 0.1) is 0 Å². The van der Waals surface area contributed by atoms with Gasteiger partial charge in [-0.1, -0.05) is 38.1 Å². The van der Waals surface area contributed by atoms with Crippen molar-refractivity contribution in [3.05, 3.63) is 42.0 Å². The molecule has 0 unspecified atom stereocenters. The first-order valence-electron chi connectivity index (χ1n) is 6.71. The maximum atomic E-state index is 11.9. The molecule has 6 heteroatoms. The summed E-state index contributed by atoms with van der Waals surface area (Å²) in [6, 6.07) is 5.63. The number of carbonyl (C=O) groups is 1. The first-order chi connectivity index (χ1) is 9.62. The van der Waals surface area contributed by atoms with Gasteiger partial charge >= 0.3 is 6.03 Å². The molecule has 0 aliphatic rings.